The molecule has 0 aliphatic rings. The number of anilines is 1. The first-order chi connectivity index (χ1) is 14.6. The Morgan fingerprint density at radius 2 is 1.70 bits per heavy atom. The topological polar surface area (TPSA) is 68.8 Å². The number of rotatable bonds is 8. The van der Waals surface area contributed by atoms with Gasteiger partial charge in [-0.3, -0.25) is 0 Å². The maximum atomic E-state index is 12.5. The summed E-state index contributed by atoms with van der Waals surface area (Å²) in [6, 6.07) is 20.8. The van der Waals surface area contributed by atoms with E-state index in [4.69, 9.17) is 14.2 Å². The Bertz CT molecular complexity index is 990. The van der Waals surface area contributed by atoms with E-state index in [2.05, 4.69) is 10.6 Å². The van der Waals surface area contributed by atoms with E-state index in [1.165, 1.54) is 0 Å². The van der Waals surface area contributed by atoms with Crippen molar-refractivity contribution in [1.29, 1.82) is 0 Å². The van der Waals surface area contributed by atoms with Gasteiger partial charge in [0.2, 0.25) is 0 Å². The maximum absolute atomic E-state index is 12.5. The number of urea groups is 1. The number of carbonyl (C=O) groups is 1. The molecule has 0 spiro atoms. The summed E-state index contributed by atoms with van der Waals surface area (Å²) >= 11 is 0. The normalized spacial score (nSPS) is 10.2. The second-order valence-corrected chi connectivity index (χ2v) is 6.73. The van der Waals surface area contributed by atoms with Crippen LogP contribution in [0.4, 0.5) is 10.5 Å². The molecule has 0 heterocycles. The van der Waals surface area contributed by atoms with Crippen LogP contribution in [0, 0.1) is 6.92 Å². The molecule has 0 aromatic heterocycles. The Morgan fingerprint density at radius 1 is 0.900 bits per heavy atom. The van der Waals surface area contributed by atoms with Crippen LogP contribution in [0.3, 0.4) is 0 Å². The van der Waals surface area contributed by atoms with Gasteiger partial charge in [0.15, 0.2) is 11.5 Å². The fourth-order valence-corrected chi connectivity index (χ4v) is 3.02. The van der Waals surface area contributed by atoms with Crippen LogP contribution in [0.15, 0.2) is 66.7 Å². The first-order valence-corrected chi connectivity index (χ1v) is 9.63. The molecule has 2 amide bonds. The quantitative estimate of drug-likeness (QED) is 0.558. The number of para-hydroxylation sites is 1. The Labute approximate surface area is 176 Å². The Balaban J connectivity index is 1.65. The fraction of sp³-hybridized carbons (Fsp3) is 0.208. The average molecular weight is 406 g/mol. The van der Waals surface area contributed by atoms with Gasteiger partial charge < -0.3 is 24.8 Å². The van der Waals surface area contributed by atoms with E-state index >= 15 is 0 Å². The van der Waals surface area contributed by atoms with Crippen LogP contribution < -0.4 is 24.8 Å². The molecule has 0 saturated heterocycles. The van der Waals surface area contributed by atoms with Crippen molar-refractivity contribution < 1.29 is 19.0 Å². The highest BCUT2D eigenvalue weighted by Gasteiger charge is 2.12. The van der Waals surface area contributed by atoms with E-state index in [0.29, 0.717) is 29.5 Å². The lowest BCUT2D eigenvalue weighted by molar-refractivity contribution is 0.251. The molecule has 6 heteroatoms. The molecule has 156 valence electrons. The first kappa shape index (κ1) is 21.0. The van der Waals surface area contributed by atoms with Gasteiger partial charge in [-0.25, -0.2) is 4.79 Å². The highest BCUT2D eigenvalue weighted by atomic mass is 16.5. The minimum Gasteiger partial charge on any atom is -0.493 e. The number of amides is 2. The second-order valence-electron chi connectivity index (χ2n) is 6.73. The van der Waals surface area contributed by atoms with Gasteiger partial charge in [-0.1, -0.05) is 48.5 Å². The number of ether oxygens (including phenoxy) is 3. The highest BCUT2D eigenvalue weighted by molar-refractivity contribution is 5.91. The molecule has 0 fully saturated rings. The van der Waals surface area contributed by atoms with Crippen molar-refractivity contribution in [2.45, 2.75) is 20.1 Å². The predicted octanol–water partition coefficient (Wildman–Crippen LogP) is 4.91. The summed E-state index contributed by atoms with van der Waals surface area (Å²) in [7, 11) is 3.15. The first-order valence-electron chi connectivity index (χ1n) is 9.63. The number of aryl methyl sites for hydroxylation is 1. The third-order valence-electron chi connectivity index (χ3n) is 4.55. The number of nitrogens with one attached hydrogen (secondary N) is 2. The predicted molar refractivity (Wildman–Crippen MR) is 117 cm³/mol. The van der Waals surface area contributed by atoms with E-state index in [9.17, 15) is 4.79 Å². The maximum Gasteiger partial charge on any atom is 0.319 e. The SMILES string of the molecule is COc1cccc(CNC(=O)Nc2ccc(C)cc2OCc2ccccc2)c1OC. The zero-order valence-corrected chi connectivity index (χ0v) is 17.4. The third-order valence-corrected chi connectivity index (χ3v) is 4.55. The van der Waals surface area contributed by atoms with Gasteiger partial charge in [0, 0.05) is 12.1 Å². The van der Waals surface area contributed by atoms with E-state index in [1.807, 2.05) is 73.7 Å². The van der Waals surface area contributed by atoms with Crippen LogP contribution in [0.2, 0.25) is 0 Å². The summed E-state index contributed by atoms with van der Waals surface area (Å²) in [5.74, 6) is 1.84. The monoisotopic (exact) mass is 406 g/mol. The van der Waals surface area contributed by atoms with Crippen LogP contribution in [-0.4, -0.2) is 20.3 Å². The van der Waals surface area contributed by atoms with Gasteiger partial charge in [-0.15, -0.1) is 0 Å². The van der Waals surface area contributed by atoms with Crippen molar-refractivity contribution in [2.24, 2.45) is 0 Å². The number of methoxy groups -OCH3 is 2. The number of hydrogen-bond donors (Lipinski definition) is 2. The minimum absolute atomic E-state index is 0.290. The lowest BCUT2D eigenvalue weighted by atomic mass is 10.2. The standard InChI is InChI=1S/C24H26N2O4/c1-17-12-13-20(22(14-17)30-16-18-8-5-4-6-9-18)26-24(27)25-15-19-10-7-11-21(28-2)23(19)29-3/h4-14H,15-16H2,1-3H3,(H2,25,26,27). The molecular weight excluding hydrogens is 380 g/mol. The Hall–Kier alpha value is -3.67. The molecule has 30 heavy (non-hydrogen) atoms. The minimum atomic E-state index is -0.340. The van der Waals surface area contributed by atoms with E-state index in [0.717, 1.165) is 16.7 Å². The van der Waals surface area contributed by atoms with Gasteiger partial charge in [-0.2, -0.15) is 0 Å². The summed E-state index contributed by atoms with van der Waals surface area (Å²) < 4.78 is 16.7. The van der Waals surface area contributed by atoms with E-state index < -0.39 is 0 Å². The summed E-state index contributed by atoms with van der Waals surface area (Å²) in [5.41, 5.74) is 3.52. The van der Waals surface area contributed by atoms with Crippen LogP contribution >= 0.6 is 0 Å². The molecular formula is C24H26N2O4. The van der Waals surface area contributed by atoms with E-state index in [-0.39, 0.29) is 12.6 Å². The Morgan fingerprint density at radius 3 is 2.43 bits per heavy atom. The average Bonchev–Trinajstić information content (AvgIpc) is 2.78. The zero-order chi connectivity index (χ0) is 21.3. The third kappa shape index (κ3) is 5.44. The molecule has 0 aliphatic heterocycles. The van der Waals surface area contributed by atoms with Gasteiger partial charge in [-0.05, 0) is 36.2 Å². The molecule has 0 radical (unpaired) electrons. The van der Waals surface area contributed by atoms with Crippen molar-refractivity contribution in [3.8, 4) is 17.2 Å². The fourth-order valence-electron chi connectivity index (χ4n) is 3.02. The van der Waals surface area contributed by atoms with Crippen molar-refractivity contribution in [1.82, 2.24) is 5.32 Å². The zero-order valence-electron chi connectivity index (χ0n) is 17.4. The second kappa shape index (κ2) is 10.2. The largest absolute Gasteiger partial charge is 0.493 e. The summed E-state index contributed by atoms with van der Waals surface area (Å²) in [4.78, 5) is 12.5. The van der Waals surface area contributed by atoms with Crippen LogP contribution in [0.5, 0.6) is 17.2 Å². The molecule has 6 nitrogen and oxygen atoms in total. The van der Waals surface area contributed by atoms with Crippen molar-refractivity contribution in [2.75, 3.05) is 19.5 Å². The van der Waals surface area contributed by atoms with Crippen LogP contribution in [-0.2, 0) is 13.2 Å². The van der Waals surface area contributed by atoms with E-state index in [1.54, 1.807) is 14.2 Å². The van der Waals surface area contributed by atoms with Crippen molar-refractivity contribution in [3.63, 3.8) is 0 Å². The van der Waals surface area contributed by atoms with Gasteiger partial charge >= 0.3 is 6.03 Å². The molecule has 0 unspecified atom stereocenters. The van der Waals surface area contributed by atoms with Gasteiger partial charge in [0.25, 0.3) is 0 Å². The summed E-state index contributed by atoms with van der Waals surface area (Å²) in [5, 5.41) is 5.71. The van der Waals surface area contributed by atoms with Crippen LogP contribution in [0.1, 0.15) is 16.7 Å². The molecule has 0 saturated carbocycles. The summed E-state index contributed by atoms with van der Waals surface area (Å²) in [6.07, 6.45) is 0. The molecule has 0 bridgehead atoms. The molecule has 3 aromatic rings. The van der Waals surface area contributed by atoms with Gasteiger partial charge in [0.1, 0.15) is 12.4 Å². The Kier molecular flexibility index (Phi) is 7.16. The molecule has 0 atom stereocenters. The van der Waals surface area contributed by atoms with Crippen molar-refractivity contribution >= 4 is 11.7 Å². The molecule has 0 aliphatic carbocycles. The number of carbonyl (C=O) groups excluding carboxylic acids is 1. The molecule has 2 N–H and O–H groups in total. The van der Waals surface area contributed by atoms with Crippen LogP contribution in [0.25, 0.3) is 0 Å². The smallest absolute Gasteiger partial charge is 0.319 e. The molecule has 3 aromatic carbocycles. The molecule has 3 rings (SSSR count). The lowest BCUT2D eigenvalue weighted by Gasteiger charge is -2.15. The lowest BCUT2D eigenvalue weighted by Crippen LogP contribution is -2.28. The van der Waals surface area contributed by atoms with Crippen molar-refractivity contribution in [3.05, 3.63) is 83.4 Å². The number of benzene rings is 3. The number of hydrogen-bond acceptors (Lipinski definition) is 4. The highest BCUT2D eigenvalue weighted by Crippen LogP contribution is 2.30. The summed E-state index contributed by atoms with van der Waals surface area (Å²) in [6.45, 7) is 2.69. The van der Waals surface area contributed by atoms with Gasteiger partial charge in [0.05, 0.1) is 19.9 Å².